The molecule has 0 aliphatic heterocycles. The Morgan fingerprint density at radius 1 is 1.16 bits per heavy atom. The van der Waals surface area contributed by atoms with E-state index in [9.17, 15) is 9.59 Å². The standard InChI is InChI=1S/C25H31ClN2O3/c1-3-23(25(30)27-20-11-5-6-12-20)28(16-19-10-4-7-14-22(19)26)24(29)17-31-21-13-8-9-18(2)15-21/h4,7-10,13-15,20,23H,3,5-6,11-12,16-17H2,1-2H3,(H,27,30)/t23-/m0/s1. The largest absolute Gasteiger partial charge is 0.484 e. The van der Waals surface area contributed by atoms with Gasteiger partial charge in [-0.15, -0.1) is 0 Å². The van der Waals surface area contributed by atoms with Crippen LogP contribution in [0.15, 0.2) is 48.5 Å². The van der Waals surface area contributed by atoms with Crippen LogP contribution in [0.2, 0.25) is 5.02 Å². The summed E-state index contributed by atoms with van der Waals surface area (Å²) in [6, 6.07) is 14.6. The molecule has 0 aromatic heterocycles. The smallest absolute Gasteiger partial charge is 0.261 e. The number of carbonyl (C=O) groups is 2. The van der Waals surface area contributed by atoms with Crippen LogP contribution in [-0.2, 0) is 16.1 Å². The van der Waals surface area contributed by atoms with Crippen molar-refractivity contribution in [3.8, 4) is 5.75 Å². The zero-order valence-corrected chi connectivity index (χ0v) is 19.0. The van der Waals surface area contributed by atoms with Gasteiger partial charge in [0, 0.05) is 17.6 Å². The minimum atomic E-state index is -0.578. The van der Waals surface area contributed by atoms with Crippen molar-refractivity contribution in [3.05, 3.63) is 64.7 Å². The summed E-state index contributed by atoms with van der Waals surface area (Å²) in [4.78, 5) is 27.9. The van der Waals surface area contributed by atoms with E-state index in [2.05, 4.69) is 5.32 Å². The van der Waals surface area contributed by atoms with Crippen LogP contribution in [0.25, 0.3) is 0 Å². The van der Waals surface area contributed by atoms with Gasteiger partial charge in [-0.25, -0.2) is 0 Å². The molecule has 1 fully saturated rings. The van der Waals surface area contributed by atoms with Crippen LogP contribution >= 0.6 is 11.6 Å². The highest BCUT2D eigenvalue weighted by Crippen LogP contribution is 2.22. The van der Waals surface area contributed by atoms with Crippen molar-refractivity contribution in [2.75, 3.05) is 6.61 Å². The first-order chi connectivity index (χ1) is 15.0. The Labute approximate surface area is 189 Å². The van der Waals surface area contributed by atoms with Gasteiger partial charge >= 0.3 is 0 Å². The van der Waals surface area contributed by atoms with Crippen molar-refractivity contribution >= 4 is 23.4 Å². The third-order valence-corrected chi connectivity index (χ3v) is 6.11. The third kappa shape index (κ3) is 6.47. The molecule has 5 nitrogen and oxygen atoms in total. The normalized spacial score (nSPS) is 14.8. The number of nitrogens with one attached hydrogen (secondary N) is 1. The molecule has 0 radical (unpaired) electrons. The van der Waals surface area contributed by atoms with E-state index in [-0.39, 0.29) is 31.0 Å². The van der Waals surface area contributed by atoms with Gasteiger partial charge in [0.05, 0.1) is 0 Å². The summed E-state index contributed by atoms with van der Waals surface area (Å²) in [6.07, 6.45) is 4.77. The minimum absolute atomic E-state index is 0.106. The molecule has 2 aromatic rings. The van der Waals surface area contributed by atoms with Crippen molar-refractivity contribution in [2.24, 2.45) is 0 Å². The maximum Gasteiger partial charge on any atom is 0.261 e. The van der Waals surface area contributed by atoms with E-state index >= 15 is 0 Å². The lowest BCUT2D eigenvalue weighted by Gasteiger charge is -2.31. The number of halogens is 1. The first kappa shape index (κ1) is 23.1. The van der Waals surface area contributed by atoms with Crippen LogP contribution in [0.1, 0.15) is 50.2 Å². The lowest BCUT2D eigenvalue weighted by molar-refractivity contribution is -0.143. The molecule has 1 saturated carbocycles. The molecule has 6 heteroatoms. The average molecular weight is 443 g/mol. The fourth-order valence-electron chi connectivity index (χ4n) is 4.03. The van der Waals surface area contributed by atoms with E-state index in [1.807, 2.05) is 56.3 Å². The van der Waals surface area contributed by atoms with Gasteiger partial charge in [-0.1, -0.05) is 61.7 Å². The number of carbonyl (C=O) groups excluding carboxylic acids is 2. The second-order valence-corrected chi connectivity index (χ2v) is 8.54. The fraction of sp³-hybridized carbons (Fsp3) is 0.440. The zero-order chi connectivity index (χ0) is 22.2. The molecule has 166 valence electrons. The van der Waals surface area contributed by atoms with Crippen LogP contribution in [-0.4, -0.2) is 35.4 Å². The molecule has 1 aliphatic carbocycles. The van der Waals surface area contributed by atoms with Crippen molar-refractivity contribution in [1.82, 2.24) is 10.2 Å². The maximum absolute atomic E-state index is 13.2. The molecule has 0 saturated heterocycles. The highest BCUT2D eigenvalue weighted by molar-refractivity contribution is 6.31. The van der Waals surface area contributed by atoms with Crippen LogP contribution in [0.3, 0.4) is 0 Å². The number of benzene rings is 2. The quantitative estimate of drug-likeness (QED) is 0.601. The van der Waals surface area contributed by atoms with Gasteiger partial charge < -0.3 is 15.0 Å². The van der Waals surface area contributed by atoms with Gasteiger partial charge in [0.2, 0.25) is 5.91 Å². The monoisotopic (exact) mass is 442 g/mol. The number of rotatable bonds is 9. The average Bonchev–Trinajstić information content (AvgIpc) is 3.26. The molecular weight excluding hydrogens is 412 g/mol. The van der Waals surface area contributed by atoms with Gasteiger partial charge in [0.15, 0.2) is 6.61 Å². The van der Waals surface area contributed by atoms with E-state index in [0.29, 0.717) is 17.2 Å². The van der Waals surface area contributed by atoms with Crippen LogP contribution < -0.4 is 10.1 Å². The lowest BCUT2D eigenvalue weighted by Crippen LogP contribution is -2.52. The molecule has 2 aromatic carbocycles. The minimum Gasteiger partial charge on any atom is -0.484 e. The first-order valence-corrected chi connectivity index (χ1v) is 11.4. The number of hydrogen-bond donors (Lipinski definition) is 1. The predicted molar refractivity (Wildman–Crippen MR) is 123 cm³/mol. The molecule has 3 rings (SSSR count). The Hall–Kier alpha value is -2.53. The third-order valence-electron chi connectivity index (χ3n) is 5.74. The maximum atomic E-state index is 13.2. The molecule has 1 atom stereocenters. The predicted octanol–water partition coefficient (Wildman–Crippen LogP) is 4.89. The molecular formula is C25H31ClN2O3. The van der Waals surface area contributed by atoms with Gasteiger partial charge in [-0.2, -0.15) is 0 Å². The Bertz CT molecular complexity index is 896. The summed E-state index contributed by atoms with van der Waals surface area (Å²) >= 11 is 6.36. The zero-order valence-electron chi connectivity index (χ0n) is 18.3. The number of hydrogen-bond acceptors (Lipinski definition) is 3. The van der Waals surface area contributed by atoms with Crippen LogP contribution in [0.5, 0.6) is 5.75 Å². The van der Waals surface area contributed by atoms with Crippen molar-refractivity contribution < 1.29 is 14.3 Å². The van der Waals surface area contributed by atoms with Crippen LogP contribution in [0, 0.1) is 6.92 Å². The summed E-state index contributed by atoms with van der Waals surface area (Å²) in [5, 5.41) is 3.72. The number of amides is 2. The number of nitrogens with zero attached hydrogens (tertiary/aromatic N) is 1. The first-order valence-electron chi connectivity index (χ1n) is 11.0. The van der Waals surface area contributed by atoms with E-state index in [1.165, 1.54) is 0 Å². The van der Waals surface area contributed by atoms with Crippen molar-refractivity contribution in [2.45, 2.75) is 64.6 Å². The summed E-state index contributed by atoms with van der Waals surface area (Å²) in [5.74, 6) is 0.287. The molecule has 31 heavy (non-hydrogen) atoms. The summed E-state index contributed by atoms with van der Waals surface area (Å²) in [5.41, 5.74) is 1.86. The summed E-state index contributed by atoms with van der Waals surface area (Å²) in [7, 11) is 0. The van der Waals surface area contributed by atoms with Crippen molar-refractivity contribution in [3.63, 3.8) is 0 Å². The topological polar surface area (TPSA) is 58.6 Å². The number of aryl methyl sites for hydroxylation is 1. The van der Waals surface area contributed by atoms with E-state index < -0.39 is 6.04 Å². The van der Waals surface area contributed by atoms with Gasteiger partial charge in [-0.05, 0) is 55.5 Å². The molecule has 0 bridgehead atoms. The molecule has 0 spiro atoms. The SMILES string of the molecule is CC[C@@H](C(=O)NC1CCCC1)N(Cc1ccccc1Cl)C(=O)COc1cccc(C)c1. The fourth-order valence-corrected chi connectivity index (χ4v) is 4.23. The molecule has 0 unspecified atom stereocenters. The highest BCUT2D eigenvalue weighted by Gasteiger charge is 2.31. The Balaban J connectivity index is 1.77. The van der Waals surface area contributed by atoms with E-state index in [4.69, 9.17) is 16.3 Å². The Morgan fingerprint density at radius 2 is 1.90 bits per heavy atom. The van der Waals surface area contributed by atoms with Gasteiger partial charge in [0.1, 0.15) is 11.8 Å². The second kappa shape index (κ2) is 11.2. The van der Waals surface area contributed by atoms with Gasteiger partial charge in [-0.3, -0.25) is 9.59 Å². The van der Waals surface area contributed by atoms with E-state index in [0.717, 1.165) is 36.8 Å². The highest BCUT2D eigenvalue weighted by atomic mass is 35.5. The molecule has 1 N–H and O–H groups in total. The molecule has 2 amide bonds. The summed E-state index contributed by atoms with van der Waals surface area (Å²) in [6.45, 7) is 4.01. The molecule has 0 heterocycles. The second-order valence-electron chi connectivity index (χ2n) is 8.13. The van der Waals surface area contributed by atoms with Crippen LogP contribution in [0.4, 0.5) is 0 Å². The van der Waals surface area contributed by atoms with Crippen molar-refractivity contribution in [1.29, 1.82) is 0 Å². The Morgan fingerprint density at radius 3 is 2.58 bits per heavy atom. The number of ether oxygens (including phenoxy) is 1. The van der Waals surface area contributed by atoms with Gasteiger partial charge in [0.25, 0.3) is 5.91 Å². The van der Waals surface area contributed by atoms with E-state index in [1.54, 1.807) is 11.0 Å². The Kier molecular flexibility index (Phi) is 8.35. The summed E-state index contributed by atoms with van der Waals surface area (Å²) < 4.78 is 5.75. The lowest BCUT2D eigenvalue weighted by atomic mass is 10.1. The molecule has 1 aliphatic rings.